The van der Waals surface area contributed by atoms with Crippen molar-refractivity contribution in [3.05, 3.63) is 89.7 Å². The van der Waals surface area contributed by atoms with Gasteiger partial charge in [0.15, 0.2) is 0 Å². The van der Waals surface area contributed by atoms with Gasteiger partial charge in [0.25, 0.3) is 5.91 Å². The lowest BCUT2D eigenvalue weighted by Gasteiger charge is -2.26. The number of aromatic nitrogens is 2. The molecule has 0 aliphatic carbocycles. The van der Waals surface area contributed by atoms with Gasteiger partial charge in [0, 0.05) is 24.7 Å². The predicted molar refractivity (Wildman–Crippen MR) is 115 cm³/mol. The summed E-state index contributed by atoms with van der Waals surface area (Å²) >= 11 is 0. The van der Waals surface area contributed by atoms with E-state index in [0.717, 1.165) is 25.9 Å². The van der Waals surface area contributed by atoms with E-state index in [2.05, 4.69) is 46.9 Å². The highest BCUT2D eigenvalue weighted by Gasteiger charge is 2.24. The van der Waals surface area contributed by atoms with E-state index in [1.54, 1.807) is 0 Å². The summed E-state index contributed by atoms with van der Waals surface area (Å²) in [5, 5.41) is 11.1. The maximum Gasteiger partial charge on any atom is 0.272 e. The van der Waals surface area contributed by atoms with Gasteiger partial charge in [-0.15, -0.1) is 0 Å². The van der Waals surface area contributed by atoms with E-state index in [9.17, 15) is 4.79 Å². The second kappa shape index (κ2) is 9.05. The van der Waals surface area contributed by atoms with Gasteiger partial charge >= 0.3 is 0 Å². The van der Waals surface area contributed by atoms with E-state index >= 15 is 0 Å². The Bertz CT molecular complexity index is 877. The zero-order valence-electron chi connectivity index (χ0n) is 16.8. The first kappa shape index (κ1) is 19.4. The second-order valence-corrected chi connectivity index (χ2v) is 7.74. The Morgan fingerprint density at radius 3 is 2.31 bits per heavy atom. The highest BCUT2D eigenvalue weighted by Crippen LogP contribution is 2.28. The normalized spacial score (nSPS) is 17.8. The van der Waals surface area contributed by atoms with Crippen molar-refractivity contribution in [2.75, 3.05) is 13.1 Å². The molecule has 2 aromatic carbocycles. The average molecular weight is 389 g/mol. The van der Waals surface area contributed by atoms with Gasteiger partial charge in [-0.25, -0.2) is 0 Å². The smallest absolute Gasteiger partial charge is 0.272 e. The number of nitrogens with zero attached hydrogens (tertiary/aromatic N) is 2. The van der Waals surface area contributed by atoms with Crippen molar-refractivity contribution in [1.82, 2.24) is 20.4 Å². The predicted octanol–water partition coefficient (Wildman–Crippen LogP) is 3.76. The van der Waals surface area contributed by atoms with Gasteiger partial charge in [-0.2, -0.15) is 5.10 Å². The summed E-state index contributed by atoms with van der Waals surface area (Å²) in [6.45, 7) is 4.02. The third-order valence-electron chi connectivity index (χ3n) is 5.66. The minimum atomic E-state index is -0.128. The van der Waals surface area contributed by atoms with Crippen molar-refractivity contribution < 1.29 is 4.79 Å². The molecule has 3 aromatic rings. The Balaban J connectivity index is 1.51. The van der Waals surface area contributed by atoms with Crippen molar-refractivity contribution in [2.45, 2.75) is 37.8 Å². The van der Waals surface area contributed by atoms with Crippen molar-refractivity contribution in [2.24, 2.45) is 0 Å². The zero-order chi connectivity index (χ0) is 20.1. The van der Waals surface area contributed by atoms with Crippen LogP contribution < -0.4 is 10.6 Å². The molecule has 5 heteroatoms. The molecule has 1 aromatic heterocycles. The molecule has 1 amide bonds. The van der Waals surface area contributed by atoms with Crippen LogP contribution in [-0.4, -0.2) is 34.8 Å². The minimum Gasteiger partial charge on any atom is -0.347 e. The molecular weight excluding hydrogens is 360 g/mol. The molecule has 1 saturated heterocycles. The highest BCUT2D eigenvalue weighted by molar-refractivity contribution is 5.92. The molecule has 0 radical (unpaired) electrons. The summed E-state index contributed by atoms with van der Waals surface area (Å²) in [5.41, 5.74) is 2.85. The molecule has 2 heterocycles. The molecule has 2 N–H and O–H groups in total. The molecule has 150 valence electrons. The van der Waals surface area contributed by atoms with Crippen LogP contribution in [0.1, 0.15) is 53.3 Å². The van der Waals surface area contributed by atoms with Gasteiger partial charge < -0.3 is 10.6 Å². The van der Waals surface area contributed by atoms with E-state index in [4.69, 9.17) is 0 Å². The number of hydrogen-bond donors (Lipinski definition) is 2. The molecule has 2 unspecified atom stereocenters. The van der Waals surface area contributed by atoms with Crippen LogP contribution in [0.5, 0.6) is 0 Å². The first-order valence-corrected chi connectivity index (χ1v) is 10.4. The Labute approximate surface area is 172 Å². The zero-order valence-corrected chi connectivity index (χ0v) is 16.8. The molecule has 29 heavy (non-hydrogen) atoms. The monoisotopic (exact) mass is 388 g/mol. The minimum absolute atomic E-state index is 0.0750. The lowest BCUT2D eigenvalue weighted by Crippen LogP contribution is -2.38. The van der Waals surface area contributed by atoms with Crippen LogP contribution in [0.4, 0.5) is 0 Å². The van der Waals surface area contributed by atoms with Crippen LogP contribution in [-0.2, 0) is 0 Å². The summed E-state index contributed by atoms with van der Waals surface area (Å²) in [5.74, 6) is -0.0529. The summed E-state index contributed by atoms with van der Waals surface area (Å²) in [6, 6.07) is 22.7. The molecule has 5 nitrogen and oxygen atoms in total. The maximum atomic E-state index is 12.9. The van der Waals surface area contributed by atoms with Crippen molar-refractivity contribution >= 4 is 5.91 Å². The summed E-state index contributed by atoms with van der Waals surface area (Å²) in [4.78, 5) is 12.9. The lowest BCUT2D eigenvalue weighted by molar-refractivity contribution is 0.0930. The van der Waals surface area contributed by atoms with E-state index in [0.29, 0.717) is 11.7 Å². The van der Waals surface area contributed by atoms with E-state index < -0.39 is 0 Å². The molecule has 2 atom stereocenters. The summed E-state index contributed by atoms with van der Waals surface area (Å²) in [7, 11) is 0. The van der Waals surface area contributed by atoms with Gasteiger partial charge in [0.1, 0.15) is 5.69 Å². The van der Waals surface area contributed by atoms with Gasteiger partial charge in [-0.1, -0.05) is 60.7 Å². The van der Waals surface area contributed by atoms with Gasteiger partial charge in [0.2, 0.25) is 0 Å². The first-order valence-electron chi connectivity index (χ1n) is 10.4. The van der Waals surface area contributed by atoms with E-state index in [-0.39, 0.29) is 17.9 Å². The number of rotatable bonds is 6. The van der Waals surface area contributed by atoms with Crippen molar-refractivity contribution in [1.29, 1.82) is 0 Å². The topological polar surface area (TPSA) is 59.0 Å². The van der Waals surface area contributed by atoms with Gasteiger partial charge in [-0.05, 0) is 43.5 Å². The number of benzene rings is 2. The number of carbonyl (C=O) groups excluding carboxylic acids is 1. The molecule has 0 spiro atoms. The molecule has 0 bridgehead atoms. The van der Waals surface area contributed by atoms with Crippen LogP contribution in [0.15, 0.2) is 72.9 Å². The fourth-order valence-electron chi connectivity index (χ4n) is 4.18. The van der Waals surface area contributed by atoms with Gasteiger partial charge in [0.05, 0.1) is 6.04 Å². The van der Waals surface area contributed by atoms with Crippen molar-refractivity contribution in [3.63, 3.8) is 0 Å². The number of nitrogens with one attached hydrogen (secondary N) is 2. The first-order chi connectivity index (χ1) is 14.2. The fourth-order valence-corrected chi connectivity index (χ4v) is 4.18. The Morgan fingerprint density at radius 2 is 1.72 bits per heavy atom. The van der Waals surface area contributed by atoms with Crippen LogP contribution in [0.2, 0.25) is 0 Å². The fraction of sp³-hybridized carbons (Fsp3) is 0.333. The summed E-state index contributed by atoms with van der Waals surface area (Å²) in [6.07, 6.45) is 4.15. The van der Waals surface area contributed by atoms with Crippen LogP contribution in [0.25, 0.3) is 0 Å². The number of carbonyl (C=O) groups is 1. The van der Waals surface area contributed by atoms with Gasteiger partial charge in [-0.3, -0.25) is 9.48 Å². The van der Waals surface area contributed by atoms with Crippen molar-refractivity contribution in [3.8, 4) is 0 Å². The van der Waals surface area contributed by atoms with Crippen LogP contribution in [0.3, 0.4) is 0 Å². The Morgan fingerprint density at radius 1 is 1.07 bits per heavy atom. The molecule has 0 saturated carbocycles. The second-order valence-electron chi connectivity index (χ2n) is 7.74. The van der Waals surface area contributed by atoms with E-state index in [1.165, 1.54) is 11.1 Å². The SMILES string of the molecule is CC(NC(=O)c1ccn(C2CCCNC2)n1)C(c1ccccc1)c1ccccc1. The Hall–Kier alpha value is -2.92. The number of hydrogen-bond acceptors (Lipinski definition) is 3. The van der Waals surface area contributed by atoms with Crippen LogP contribution in [0, 0.1) is 0 Å². The highest BCUT2D eigenvalue weighted by atomic mass is 16.2. The van der Waals surface area contributed by atoms with Crippen LogP contribution >= 0.6 is 0 Å². The average Bonchev–Trinajstić information content (AvgIpc) is 3.27. The molecule has 1 aliphatic rings. The molecule has 1 fully saturated rings. The quantitative estimate of drug-likeness (QED) is 0.676. The molecule has 1 aliphatic heterocycles. The lowest BCUT2D eigenvalue weighted by atomic mass is 9.86. The number of piperidine rings is 1. The third-order valence-corrected chi connectivity index (χ3v) is 5.66. The number of amides is 1. The Kier molecular flexibility index (Phi) is 6.06. The molecule has 4 rings (SSSR count). The molecular formula is C24H28N4O. The van der Waals surface area contributed by atoms with E-state index in [1.807, 2.05) is 53.3 Å². The third kappa shape index (κ3) is 4.57. The summed E-state index contributed by atoms with van der Waals surface area (Å²) < 4.78 is 1.93. The largest absolute Gasteiger partial charge is 0.347 e. The maximum absolute atomic E-state index is 12.9. The standard InChI is InChI=1S/C24H28N4O/c1-18(23(19-9-4-2-5-10-19)20-11-6-3-7-12-20)26-24(29)22-14-16-28(27-22)21-13-8-15-25-17-21/h2-7,9-12,14,16,18,21,23,25H,8,13,15,17H2,1H3,(H,26,29).